The predicted molar refractivity (Wildman–Crippen MR) is 97.1 cm³/mol. The third kappa shape index (κ3) is 590. The zero-order valence-corrected chi connectivity index (χ0v) is 19.3. The van der Waals surface area contributed by atoms with Gasteiger partial charge in [-0.15, -0.1) is 0 Å². The van der Waals surface area contributed by atoms with E-state index in [0.717, 1.165) is 26.2 Å². The maximum Gasteiger partial charge on any atom is 0.466 e. The van der Waals surface area contributed by atoms with E-state index < -0.39 is 39.1 Å². The second-order valence-electron chi connectivity index (χ2n) is 4.07. The Morgan fingerprint density at radius 1 is 0.323 bits per heavy atom. The molecule has 0 saturated carbocycles. The van der Waals surface area contributed by atoms with Gasteiger partial charge in [-0.25, -0.2) is 22.8 Å². The SMILES string of the molecule is C1CNCCN1.O=P(O)(O)O.O=P(O)(O)O.O=P(O)(O)O.O=P(O)(O)O.O=P(O)(O)O. The molecule has 0 spiro atoms. The lowest BCUT2D eigenvalue weighted by Crippen LogP contribution is -2.39. The van der Waals surface area contributed by atoms with E-state index in [1.165, 1.54) is 0 Å². The third-order valence-corrected chi connectivity index (χ3v) is 0.957. The molecule has 1 saturated heterocycles. The summed E-state index contributed by atoms with van der Waals surface area (Å²) in [7, 11) is -23.2. The molecule has 27 heteroatoms. The summed E-state index contributed by atoms with van der Waals surface area (Å²) < 4.78 is 44.4. The fourth-order valence-corrected chi connectivity index (χ4v) is 0.604. The first-order valence-corrected chi connectivity index (χ1v) is 14.2. The molecule has 0 bridgehead atoms. The van der Waals surface area contributed by atoms with Gasteiger partial charge >= 0.3 is 39.1 Å². The van der Waals surface area contributed by atoms with Gasteiger partial charge in [0, 0.05) is 26.2 Å². The largest absolute Gasteiger partial charge is 0.466 e. The molecule has 0 unspecified atom stereocenters. The number of nitrogens with one attached hydrogen (secondary N) is 2. The maximum atomic E-state index is 8.88. The van der Waals surface area contributed by atoms with E-state index >= 15 is 0 Å². The quantitative estimate of drug-likeness (QED) is 0.120. The number of hydrogen-bond acceptors (Lipinski definition) is 7. The van der Waals surface area contributed by atoms with Crippen LogP contribution in [0.25, 0.3) is 0 Å². The van der Waals surface area contributed by atoms with Crippen molar-refractivity contribution in [2.45, 2.75) is 0 Å². The second kappa shape index (κ2) is 19.9. The van der Waals surface area contributed by atoms with E-state index in [0.29, 0.717) is 0 Å². The Morgan fingerprint density at radius 2 is 0.387 bits per heavy atom. The Balaban J connectivity index is -0.0000000875. The monoisotopic (exact) mass is 576 g/mol. The zero-order chi connectivity index (χ0) is 26.7. The molecule has 1 aliphatic rings. The highest BCUT2D eigenvalue weighted by Gasteiger charge is 2.02. The van der Waals surface area contributed by atoms with Crippen LogP contribution < -0.4 is 10.6 Å². The van der Waals surface area contributed by atoms with Crippen LogP contribution in [-0.2, 0) is 22.8 Å². The molecule has 31 heavy (non-hydrogen) atoms. The van der Waals surface area contributed by atoms with E-state index in [1.54, 1.807) is 0 Å². The Kier molecular flexibility index (Phi) is 26.8. The van der Waals surface area contributed by atoms with Crippen LogP contribution in [0.3, 0.4) is 0 Å². The fourth-order valence-electron chi connectivity index (χ4n) is 0.604. The summed E-state index contributed by atoms with van der Waals surface area (Å²) in [6, 6.07) is 0. The van der Waals surface area contributed by atoms with Crippen molar-refractivity contribution >= 4 is 39.1 Å². The van der Waals surface area contributed by atoms with Crippen LogP contribution in [0.4, 0.5) is 0 Å². The van der Waals surface area contributed by atoms with Gasteiger partial charge < -0.3 is 84.0 Å². The smallest absolute Gasteiger partial charge is 0.314 e. The van der Waals surface area contributed by atoms with Crippen molar-refractivity contribution in [3.8, 4) is 0 Å². The highest BCUT2D eigenvalue weighted by atomic mass is 31.2. The van der Waals surface area contributed by atoms with Gasteiger partial charge in [0.05, 0.1) is 0 Å². The highest BCUT2D eigenvalue weighted by Crippen LogP contribution is 2.27. The first-order chi connectivity index (χ1) is 13.0. The maximum absolute atomic E-state index is 8.88. The van der Waals surface area contributed by atoms with Gasteiger partial charge in [0.1, 0.15) is 0 Å². The molecule has 0 aromatic heterocycles. The van der Waals surface area contributed by atoms with Crippen LogP contribution in [-0.4, -0.2) is 99.6 Å². The molecule has 0 aromatic carbocycles. The molecule has 0 aromatic rings. The zero-order valence-electron chi connectivity index (χ0n) is 14.8. The summed E-state index contributed by atoms with van der Waals surface area (Å²) >= 11 is 0. The Hall–Kier alpha value is 0.470. The van der Waals surface area contributed by atoms with Gasteiger partial charge in [-0.05, 0) is 0 Å². The van der Waals surface area contributed by atoms with Crippen molar-refractivity contribution in [1.29, 1.82) is 0 Å². The molecule has 0 amide bonds. The van der Waals surface area contributed by atoms with Crippen molar-refractivity contribution in [2.24, 2.45) is 0 Å². The first kappa shape index (κ1) is 41.7. The molecule has 22 nitrogen and oxygen atoms in total. The minimum absolute atomic E-state index is 1.14. The van der Waals surface area contributed by atoms with Crippen molar-refractivity contribution in [3.05, 3.63) is 0 Å². The molecular formula is C4H25N2O20P5. The number of rotatable bonds is 0. The first-order valence-electron chi connectivity index (χ1n) is 6.33. The molecule has 0 aliphatic carbocycles. The molecule has 196 valence electrons. The van der Waals surface area contributed by atoms with Gasteiger partial charge in [-0.2, -0.15) is 0 Å². The van der Waals surface area contributed by atoms with Gasteiger partial charge in [0.2, 0.25) is 0 Å². The molecule has 17 N–H and O–H groups in total. The molecular weight excluding hydrogens is 551 g/mol. The summed E-state index contributed by atoms with van der Waals surface area (Å²) in [6.07, 6.45) is 0. The Bertz CT molecular complexity index is 463. The highest BCUT2D eigenvalue weighted by molar-refractivity contribution is 7.46. The van der Waals surface area contributed by atoms with Crippen LogP contribution in [0.2, 0.25) is 0 Å². The van der Waals surface area contributed by atoms with E-state index in [9.17, 15) is 0 Å². The lowest BCUT2D eigenvalue weighted by atomic mass is 10.4. The van der Waals surface area contributed by atoms with E-state index in [1.807, 2.05) is 0 Å². The minimum Gasteiger partial charge on any atom is -0.314 e. The van der Waals surface area contributed by atoms with Crippen LogP contribution in [0.5, 0.6) is 0 Å². The molecule has 1 fully saturated rings. The van der Waals surface area contributed by atoms with Gasteiger partial charge in [0.25, 0.3) is 0 Å². The summed E-state index contributed by atoms with van der Waals surface area (Å²) in [4.78, 5) is 108. The third-order valence-electron chi connectivity index (χ3n) is 0.957. The lowest BCUT2D eigenvalue weighted by molar-refractivity contribution is 0.272. The van der Waals surface area contributed by atoms with Crippen molar-refractivity contribution in [2.75, 3.05) is 26.2 Å². The summed E-state index contributed by atoms with van der Waals surface area (Å²) in [5.74, 6) is 0. The number of phosphoric acid groups is 5. The average molecular weight is 576 g/mol. The second-order valence-corrected chi connectivity index (χ2v) is 9.20. The van der Waals surface area contributed by atoms with E-state index in [2.05, 4.69) is 10.6 Å². The lowest BCUT2D eigenvalue weighted by Gasteiger charge is -2.11. The topological polar surface area (TPSA) is 413 Å². The normalized spacial score (nSPS) is 14.2. The number of piperazine rings is 1. The van der Waals surface area contributed by atoms with Gasteiger partial charge in [-0.1, -0.05) is 0 Å². The Morgan fingerprint density at radius 3 is 0.419 bits per heavy atom. The average Bonchev–Trinajstić information content (AvgIpc) is 2.30. The molecule has 1 rings (SSSR count). The van der Waals surface area contributed by atoms with Crippen LogP contribution in [0.1, 0.15) is 0 Å². The molecule has 1 heterocycles. The summed E-state index contributed by atoms with van der Waals surface area (Å²) in [5, 5.41) is 6.44. The van der Waals surface area contributed by atoms with E-state index in [-0.39, 0.29) is 0 Å². The van der Waals surface area contributed by atoms with Crippen molar-refractivity contribution in [3.63, 3.8) is 0 Å². The molecule has 0 atom stereocenters. The van der Waals surface area contributed by atoms with Gasteiger partial charge in [0.15, 0.2) is 0 Å². The van der Waals surface area contributed by atoms with Crippen LogP contribution >= 0.6 is 39.1 Å². The fraction of sp³-hybridized carbons (Fsp3) is 1.00. The number of hydrogen-bond donors (Lipinski definition) is 17. The van der Waals surface area contributed by atoms with Crippen molar-refractivity contribution < 1.29 is 96.2 Å². The molecule has 1 aliphatic heterocycles. The van der Waals surface area contributed by atoms with E-state index in [4.69, 9.17) is 96.2 Å². The van der Waals surface area contributed by atoms with Crippen LogP contribution in [0, 0.1) is 0 Å². The van der Waals surface area contributed by atoms with Crippen LogP contribution in [0.15, 0.2) is 0 Å². The molecule has 0 radical (unpaired) electrons. The predicted octanol–water partition coefficient (Wildman–Crippen LogP) is -5.46. The standard InChI is InChI=1S/C4H10N2.5H3O4P/c1-2-6-4-3-5-1;5*1-5(2,3)4/h5-6H,1-4H2;5*(H3,1,2,3,4). The van der Waals surface area contributed by atoms with Crippen molar-refractivity contribution in [1.82, 2.24) is 10.6 Å². The summed E-state index contributed by atoms with van der Waals surface area (Å²) in [6.45, 7) is 4.56. The minimum atomic E-state index is -4.64. The summed E-state index contributed by atoms with van der Waals surface area (Å²) in [5.41, 5.74) is 0. The van der Waals surface area contributed by atoms with Gasteiger partial charge in [-0.3, -0.25) is 0 Å². The Labute approximate surface area is 173 Å².